The van der Waals surface area contributed by atoms with Crippen molar-refractivity contribution >= 4 is 22.4 Å². The van der Waals surface area contributed by atoms with Crippen LogP contribution in [0.5, 0.6) is 0 Å². The van der Waals surface area contributed by atoms with Crippen molar-refractivity contribution in [2.75, 3.05) is 11.9 Å². The number of rotatable bonds is 3. The number of anilines is 1. The first kappa shape index (κ1) is 11.5. The third kappa shape index (κ3) is 2.41. The number of hydrogen-bond acceptors (Lipinski definition) is 4. The average Bonchev–Trinajstić information content (AvgIpc) is 2.87. The number of thiazole rings is 1. The molecule has 16 heavy (non-hydrogen) atoms. The van der Waals surface area contributed by atoms with Crippen molar-refractivity contribution in [2.24, 2.45) is 0 Å². The molecule has 2 heterocycles. The van der Waals surface area contributed by atoms with Gasteiger partial charge in [-0.2, -0.15) is 0 Å². The second-order valence-corrected chi connectivity index (χ2v) is 5.22. The minimum absolute atomic E-state index is 0.0331. The smallest absolute Gasteiger partial charge is 0.243 e. The maximum atomic E-state index is 11.8. The molecule has 88 valence electrons. The second kappa shape index (κ2) is 4.93. The number of nitrogens with zero attached hydrogens (tertiary/aromatic N) is 1. The van der Waals surface area contributed by atoms with E-state index in [0.717, 1.165) is 36.6 Å². The summed E-state index contributed by atoms with van der Waals surface area (Å²) in [6, 6.07) is -0.0331. The lowest BCUT2D eigenvalue weighted by atomic mass is 10.2. The number of carbonyl (C=O) groups is 1. The third-order valence-corrected chi connectivity index (χ3v) is 3.76. The van der Waals surface area contributed by atoms with E-state index in [1.54, 1.807) is 11.3 Å². The lowest BCUT2D eigenvalue weighted by Crippen LogP contribution is -2.35. The Morgan fingerprint density at radius 3 is 3.06 bits per heavy atom. The SMILES string of the molecule is CCc1nc(NC(=O)C2CCCN2)sc1C. The van der Waals surface area contributed by atoms with E-state index in [1.165, 1.54) is 4.88 Å². The molecule has 0 radical (unpaired) electrons. The van der Waals surface area contributed by atoms with Gasteiger partial charge in [-0.3, -0.25) is 4.79 Å². The minimum atomic E-state index is -0.0331. The first-order valence-electron chi connectivity index (χ1n) is 5.71. The Labute approximate surface area is 99.5 Å². The van der Waals surface area contributed by atoms with Crippen molar-refractivity contribution in [1.29, 1.82) is 0 Å². The lowest BCUT2D eigenvalue weighted by Gasteiger charge is -2.08. The summed E-state index contributed by atoms with van der Waals surface area (Å²) in [6.45, 7) is 5.06. The van der Waals surface area contributed by atoms with Gasteiger partial charge in [0.2, 0.25) is 5.91 Å². The predicted molar refractivity (Wildman–Crippen MR) is 65.9 cm³/mol. The first-order valence-corrected chi connectivity index (χ1v) is 6.53. The fourth-order valence-electron chi connectivity index (χ4n) is 1.91. The molecule has 4 nitrogen and oxygen atoms in total. The molecule has 2 N–H and O–H groups in total. The average molecular weight is 239 g/mol. The molecule has 2 rings (SSSR count). The van der Waals surface area contributed by atoms with Crippen LogP contribution >= 0.6 is 11.3 Å². The molecule has 0 aliphatic carbocycles. The molecular formula is C11H17N3OS. The maximum absolute atomic E-state index is 11.8. The van der Waals surface area contributed by atoms with E-state index in [9.17, 15) is 4.79 Å². The Morgan fingerprint density at radius 1 is 1.69 bits per heavy atom. The largest absolute Gasteiger partial charge is 0.306 e. The van der Waals surface area contributed by atoms with Crippen LogP contribution < -0.4 is 10.6 Å². The van der Waals surface area contributed by atoms with Crippen LogP contribution in [-0.4, -0.2) is 23.5 Å². The van der Waals surface area contributed by atoms with E-state index in [2.05, 4.69) is 22.5 Å². The highest BCUT2D eigenvalue weighted by molar-refractivity contribution is 7.15. The van der Waals surface area contributed by atoms with Gasteiger partial charge in [0.1, 0.15) is 0 Å². The van der Waals surface area contributed by atoms with Gasteiger partial charge < -0.3 is 10.6 Å². The highest BCUT2D eigenvalue weighted by Crippen LogP contribution is 2.22. The molecule has 0 bridgehead atoms. The summed E-state index contributed by atoms with van der Waals surface area (Å²) in [4.78, 5) is 17.4. The Balaban J connectivity index is 1.99. The molecular weight excluding hydrogens is 222 g/mol. The van der Waals surface area contributed by atoms with Gasteiger partial charge in [0, 0.05) is 4.88 Å². The van der Waals surface area contributed by atoms with Crippen LogP contribution in [0.1, 0.15) is 30.3 Å². The monoisotopic (exact) mass is 239 g/mol. The maximum Gasteiger partial charge on any atom is 0.243 e. The summed E-state index contributed by atoms with van der Waals surface area (Å²) < 4.78 is 0. The van der Waals surface area contributed by atoms with Gasteiger partial charge >= 0.3 is 0 Å². The molecule has 1 saturated heterocycles. The molecule has 1 amide bonds. The molecule has 1 unspecified atom stereocenters. The topological polar surface area (TPSA) is 54.0 Å². The highest BCUT2D eigenvalue weighted by atomic mass is 32.1. The van der Waals surface area contributed by atoms with Gasteiger partial charge in [-0.05, 0) is 32.7 Å². The third-order valence-electron chi connectivity index (χ3n) is 2.83. The molecule has 1 aliphatic rings. The van der Waals surface area contributed by atoms with E-state index >= 15 is 0 Å². The predicted octanol–water partition coefficient (Wildman–Crippen LogP) is 1.70. The van der Waals surface area contributed by atoms with Crippen molar-refractivity contribution in [3.63, 3.8) is 0 Å². The zero-order valence-electron chi connectivity index (χ0n) is 9.67. The molecule has 5 heteroatoms. The van der Waals surface area contributed by atoms with Crippen LogP contribution in [0.4, 0.5) is 5.13 Å². The Kier molecular flexibility index (Phi) is 3.56. The van der Waals surface area contributed by atoms with Crippen LogP contribution in [0.3, 0.4) is 0 Å². The number of aromatic nitrogens is 1. The summed E-state index contributed by atoms with van der Waals surface area (Å²) >= 11 is 1.56. The normalized spacial score (nSPS) is 20.0. The molecule has 0 spiro atoms. The number of hydrogen-bond donors (Lipinski definition) is 2. The molecule has 1 aromatic heterocycles. The van der Waals surface area contributed by atoms with Crippen LogP contribution in [-0.2, 0) is 11.2 Å². The minimum Gasteiger partial charge on any atom is -0.306 e. The van der Waals surface area contributed by atoms with Crippen molar-refractivity contribution in [3.05, 3.63) is 10.6 Å². The highest BCUT2D eigenvalue weighted by Gasteiger charge is 2.22. The fourth-order valence-corrected chi connectivity index (χ4v) is 2.82. The zero-order valence-corrected chi connectivity index (χ0v) is 10.5. The summed E-state index contributed by atoms with van der Waals surface area (Å²) in [5, 5.41) is 6.79. The van der Waals surface area contributed by atoms with Gasteiger partial charge in [-0.25, -0.2) is 4.98 Å². The van der Waals surface area contributed by atoms with E-state index in [-0.39, 0.29) is 11.9 Å². The summed E-state index contributed by atoms with van der Waals surface area (Å²) in [6.07, 6.45) is 2.92. The number of aryl methyl sites for hydroxylation is 2. The van der Waals surface area contributed by atoms with Crippen LogP contribution in [0.25, 0.3) is 0 Å². The number of amides is 1. The van der Waals surface area contributed by atoms with Crippen molar-refractivity contribution in [2.45, 2.75) is 39.2 Å². The molecule has 1 aromatic rings. The second-order valence-electron chi connectivity index (χ2n) is 4.01. The fraction of sp³-hybridized carbons (Fsp3) is 0.636. The van der Waals surface area contributed by atoms with E-state index in [0.29, 0.717) is 0 Å². The number of nitrogens with one attached hydrogen (secondary N) is 2. The summed E-state index contributed by atoms with van der Waals surface area (Å²) in [5.74, 6) is 0.0499. The van der Waals surface area contributed by atoms with Crippen LogP contribution in [0.2, 0.25) is 0 Å². The van der Waals surface area contributed by atoms with Gasteiger partial charge in [-0.1, -0.05) is 6.92 Å². The Morgan fingerprint density at radius 2 is 2.50 bits per heavy atom. The van der Waals surface area contributed by atoms with Gasteiger partial charge in [0.05, 0.1) is 11.7 Å². The van der Waals surface area contributed by atoms with Gasteiger partial charge in [-0.15, -0.1) is 11.3 Å². The standard InChI is InChI=1S/C11H17N3OS/c1-3-8-7(2)16-11(13-8)14-10(15)9-5-4-6-12-9/h9,12H,3-6H2,1-2H3,(H,13,14,15). The zero-order chi connectivity index (χ0) is 11.5. The molecule has 0 aromatic carbocycles. The summed E-state index contributed by atoms with van der Waals surface area (Å²) in [7, 11) is 0. The first-order chi connectivity index (χ1) is 7.70. The molecule has 1 fully saturated rings. The number of carbonyl (C=O) groups excluding carboxylic acids is 1. The van der Waals surface area contributed by atoms with Crippen molar-refractivity contribution < 1.29 is 4.79 Å². The van der Waals surface area contributed by atoms with E-state index in [1.807, 2.05) is 6.92 Å². The quantitative estimate of drug-likeness (QED) is 0.844. The van der Waals surface area contributed by atoms with Crippen LogP contribution in [0.15, 0.2) is 0 Å². The molecule has 1 aliphatic heterocycles. The van der Waals surface area contributed by atoms with E-state index < -0.39 is 0 Å². The van der Waals surface area contributed by atoms with Crippen LogP contribution in [0, 0.1) is 6.92 Å². The molecule has 1 atom stereocenters. The molecule has 0 saturated carbocycles. The van der Waals surface area contributed by atoms with Crippen molar-refractivity contribution in [3.8, 4) is 0 Å². The van der Waals surface area contributed by atoms with E-state index in [4.69, 9.17) is 0 Å². The van der Waals surface area contributed by atoms with Crippen molar-refractivity contribution in [1.82, 2.24) is 10.3 Å². The van der Waals surface area contributed by atoms with Gasteiger partial charge in [0.15, 0.2) is 5.13 Å². The summed E-state index contributed by atoms with van der Waals surface area (Å²) in [5.41, 5.74) is 1.08. The Hall–Kier alpha value is -0.940. The Bertz CT molecular complexity index is 383. The lowest BCUT2D eigenvalue weighted by molar-refractivity contribution is -0.117. The van der Waals surface area contributed by atoms with Gasteiger partial charge in [0.25, 0.3) is 0 Å².